The van der Waals surface area contributed by atoms with Crippen LogP contribution in [0.1, 0.15) is 30.5 Å². The molecule has 3 amide bonds. The maximum atomic E-state index is 12.8. The molecule has 0 aliphatic carbocycles. The molecule has 0 radical (unpaired) electrons. The van der Waals surface area contributed by atoms with Gasteiger partial charge in [-0.15, -0.1) is 0 Å². The molecule has 2 atom stereocenters. The van der Waals surface area contributed by atoms with Gasteiger partial charge in [-0.05, 0) is 23.1 Å². The molecule has 0 spiro atoms. The van der Waals surface area contributed by atoms with E-state index in [2.05, 4.69) is 10.6 Å². The Morgan fingerprint density at radius 3 is 2.29 bits per heavy atom. The summed E-state index contributed by atoms with van der Waals surface area (Å²) in [7, 11) is 0. The zero-order valence-electron chi connectivity index (χ0n) is 17.5. The molecule has 2 aromatic rings. The minimum absolute atomic E-state index is 0.0635. The third kappa shape index (κ3) is 7.16. The molecule has 2 aromatic carbocycles. The lowest BCUT2D eigenvalue weighted by atomic mass is 9.99. The number of carbonyl (C=O) groups excluding carboxylic acids is 3. The number of rotatable bonds is 9. The first-order valence-electron chi connectivity index (χ1n) is 9.86. The van der Waals surface area contributed by atoms with Gasteiger partial charge in [0.1, 0.15) is 18.7 Å². The van der Waals surface area contributed by atoms with Crippen LogP contribution in [0.4, 0.5) is 4.79 Å². The number of ether oxygens (including phenoxy) is 1. The van der Waals surface area contributed by atoms with E-state index < -0.39 is 30.0 Å². The first-order valence-corrected chi connectivity index (χ1v) is 9.86. The number of nitrogens with one attached hydrogen (secondary N) is 2. The highest BCUT2D eigenvalue weighted by molar-refractivity contribution is 5.91. The van der Waals surface area contributed by atoms with E-state index in [1.807, 2.05) is 36.4 Å². The van der Waals surface area contributed by atoms with Gasteiger partial charge in [0.15, 0.2) is 0 Å². The van der Waals surface area contributed by atoms with E-state index in [0.717, 1.165) is 5.56 Å². The molecule has 0 aliphatic rings. The minimum Gasteiger partial charge on any atom is -0.445 e. The number of nitriles is 1. The van der Waals surface area contributed by atoms with Gasteiger partial charge in [-0.25, -0.2) is 4.79 Å². The van der Waals surface area contributed by atoms with Gasteiger partial charge in [-0.1, -0.05) is 62.4 Å². The van der Waals surface area contributed by atoms with E-state index in [1.54, 1.807) is 38.1 Å². The highest BCUT2D eigenvalue weighted by Crippen LogP contribution is 2.11. The van der Waals surface area contributed by atoms with Crippen molar-refractivity contribution in [2.24, 2.45) is 11.7 Å². The lowest BCUT2D eigenvalue weighted by molar-refractivity contribution is -0.129. The van der Waals surface area contributed by atoms with E-state index in [-0.39, 0.29) is 18.9 Å². The van der Waals surface area contributed by atoms with Gasteiger partial charge < -0.3 is 21.1 Å². The van der Waals surface area contributed by atoms with Crippen molar-refractivity contribution >= 4 is 17.9 Å². The Morgan fingerprint density at radius 1 is 1.03 bits per heavy atom. The molecule has 0 bridgehead atoms. The Labute approximate surface area is 181 Å². The Hall–Kier alpha value is -3.86. The molecule has 4 N–H and O–H groups in total. The maximum absolute atomic E-state index is 12.8. The Balaban J connectivity index is 2.02. The van der Waals surface area contributed by atoms with E-state index in [9.17, 15) is 19.6 Å². The molecule has 8 nitrogen and oxygen atoms in total. The topological polar surface area (TPSA) is 134 Å². The summed E-state index contributed by atoms with van der Waals surface area (Å²) in [6.07, 6.45) is -0.684. The number of nitrogens with two attached hydrogens (primary N) is 1. The molecule has 0 fully saturated rings. The van der Waals surface area contributed by atoms with E-state index in [0.29, 0.717) is 11.1 Å². The molecule has 2 rings (SSSR count). The second-order valence-electron chi connectivity index (χ2n) is 7.36. The molecular formula is C23H26N4O4. The average molecular weight is 422 g/mol. The number of carbonyl (C=O) groups is 3. The first-order chi connectivity index (χ1) is 14.8. The van der Waals surface area contributed by atoms with E-state index >= 15 is 0 Å². The summed E-state index contributed by atoms with van der Waals surface area (Å²) >= 11 is 0. The van der Waals surface area contributed by atoms with Gasteiger partial charge in [0, 0.05) is 6.42 Å². The van der Waals surface area contributed by atoms with Crippen LogP contribution in [0.3, 0.4) is 0 Å². The third-order valence-corrected chi connectivity index (χ3v) is 4.66. The fourth-order valence-corrected chi connectivity index (χ4v) is 2.94. The average Bonchev–Trinajstić information content (AvgIpc) is 2.76. The van der Waals surface area contributed by atoms with Crippen molar-refractivity contribution in [3.63, 3.8) is 0 Å². The predicted molar refractivity (Wildman–Crippen MR) is 114 cm³/mol. The molecule has 0 heterocycles. The molecule has 0 saturated carbocycles. The largest absolute Gasteiger partial charge is 0.445 e. The van der Waals surface area contributed by atoms with Crippen LogP contribution in [0.15, 0.2) is 54.6 Å². The lowest BCUT2D eigenvalue weighted by Gasteiger charge is -2.24. The predicted octanol–water partition coefficient (Wildman–Crippen LogP) is 2.02. The monoisotopic (exact) mass is 422 g/mol. The van der Waals surface area contributed by atoms with Crippen molar-refractivity contribution in [3.05, 3.63) is 71.3 Å². The molecule has 0 aromatic heterocycles. The fraction of sp³-hybridized carbons (Fsp3) is 0.304. The van der Waals surface area contributed by atoms with Crippen molar-refractivity contribution in [1.29, 1.82) is 5.26 Å². The quantitative estimate of drug-likeness (QED) is 0.568. The highest BCUT2D eigenvalue weighted by atomic mass is 16.5. The van der Waals surface area contributed by atoms with Crippen LogP contribution in [0.2, 0.25) is 0 Å². The van der Waals surface area contributed by atoms with Crippen LogP contribution in [0.25, 0.3) is 0 Å². The minimum atomic E-state index is -1.04. The number of hydrogen-bond donors (Lipinski definition) is 3. The summed E-state index contributed by atoms with van der Waals surface area (Å²) in [5.74, 6) is -1.58. The molecule has 8 heteroatoms. The highest BCUT2D eigenvalue weighted by Gasteiger charge is 2.29. The molecule has 0 aliphatic heterocycles. The fourth-order valence-electron chi connectivity index (χ4n) is 2.94. The van der Waals surface area contributed by atoms with Gasteiger partial charge in [0.05, 0.1) is 11.6 Å². The van der Waals surface area contributed by atoms with Crippen LogP contribution >= 0.6 is 0 Å². The smallest absolute Gasteiger partial charge is 0.408 e. The summed E-state index contributed by atoms with van der Waals surface area (Å²) in [5.41, 5.74) is 7.26. The van der Waals surface area contributed by atoms with Crippen LogP contribution in [-0.2, 0) is 27.4 Å². The van der Waals surface area contributed by atoms with Crippen LogP contribution in [0, 0.1) is 17.2 Å². The van der Waals surface area contributed by atoms with Crippen LogP contribution in [-0.4, -0.2) is 30.0 Å². The molecular weight excluding hydrogens is 396 g/mol. The second-order valence-corrected chi connectivity index (χ2v) is 7.36. The van der Waals surface area contributed by atoms with Gasteiger partial charge in [-0.2, -0.15) is 5.26 Å². The number of amides is 3. The van der Waals surface area contributed by atoms with Crippen molar-refractivity contribution in [2.45, 2.75) is 39.0 Å². The summed E-state index contributed by atoms with van der Waals surface area (Å²) < 4.78 is 5.18. The SMILES string of the molecule is CC(C)[C@H](NC(=O)OCc1ccccc1)C(=O)N[C@@H](Cc1ccccc1C#N)C(N)=O. The summed E-state index contributed by atoms with van der Waals surface area (Å²) in [6, 6.07) is 16.0. The molecule has 0 unspecified atom stereocenters. The number of primary amides is 1. The lowest BCUT2D eigenvalue weighted by Crippen LogP contribution is -2.55. The van der Waals surface area contributed by atoms with E-state index in [4.69, 9.17) is 10.5 Å². The standard InChI is InChI=1S/C23H26N4O4/c1-15(2)20(27-23(30)31-14-16-8-4-3-5-9-16)22(29)26-19(21(25)28)12-17-10-6-7-11-18(17)13-24/h3-11,15,19-20H,12,14H2,1-2H3,(H2,25,28)(H,26,29)(H,27,30)/t19-,20-/m0/s1. The third-order valence-electron chi connectivity index (χ3n) is 4.66. The number of alkyl carbamates (subject to hydrolysis) is 1. The van der Waals surface area contributed by atoms with Gasteiger partial charge in [0.25, 0.3) is 0 Å². The summed E-state index contributed by atoms with van der Waals surface area (Å²) in [4.78, 5) is 36.9. The van der Waals surface area contributed by atoms with Crippen LogP contribution < -0.4 is 16.4 Å². The zero-order chi connectivity index (χ0) is 22.8. The van der Waals surface area contributed by atoms with Crippen LogP contribution in [0.5, 0.6) is 0 Å². The number of nitrogens with zero attached hydrogens (tertiary/aromatic N) is 1. The molecule has 0 saturated heterocycles. The van der Waals surface area contributed by atoms with Crippen molar-refractivity contribution < 1.29 is 19.1 Å². The van der Waals surface area contributed by atoms with Crippen molar-refractivity contribution in [2.75, 3.05) is 0 Å². The maximum Gasteiger partial charge on any atom is 0.408 e. The van der Waals surface area contributed by atoms with Gasteiger partial charge in [0.2, 0.25) is 11.8 Å². The van der Waals surface area contributed by atoms with Gasteiger partial charge in [-0.3, -0.25) is 9.59 Å². The number of hydrogen-bond acceptors (Lipinski definition) is 5. The second kappa shape index (κ2) is 11.4. The Morgan fingerprint density at radius 2 is 1.68 bits per heavy atom. The normalized spacial score (nSPS) is 12.3. The summed E-state index contributed by atoms with van der Waals surface area (Å²) in [6.45, 7) is 3.58. The molecule has 31 heavy (non-hydrogen) atoms. The Bertz CT molecular complexity index is 954. The first kappa shape index (κ1) is 23.4. The van der Waals surface area contributed by atoms with Crippen molar-refractivity contribution in [3.8, 4) is 6.07 Å². The number of benzene rings is 2. The summed E-state index contributed by atoms with van der Waals surface area (Å²) in [5, 5.41) is 14.4. The molecule has 162 valence electrons. The van der Waals surface area contributed by atoms with E-state index in [1.165, 1.54) is 0 Å². The zero-order valence-corrected chi connectivity index (χ0v) is 17.5. The van der Waals surface area contributed by atoms with Crippen molar-refractivity contribution in [1.82, 2.24) is 10.6 Å². The van der Waals surface area contributed by atoms with Gasteiger partial charge >= 0.3 is 6.09 Å². The Kier molecular flexibility index (Phi) is 8.58.